The number of oxazole rings is 2. The van der Waals surface area contributed by atoms with E-state index < -0.39 is 0 Å². The van der Waals surface area contributed by atoms with Gasteiger partial charge in [0.15, 0.2) is 33.9 Å². The van der Waals surface area contributed by atoms with Crippen molar-refractivity contribution in [3.05, 3.63) is 173 Å². The highest BCUT2D eigenvalue weighted by Crippen LogP contribution is 2.51. The largest absolute Gasteiger partial charge is 0.436 e. The summed E-state index contributed by atoms with van der Waals surface area (Å²) in [6.07, 6.45) is 0. The number of rotatable bonds is 6. The number of hydrogen-bond acceptors (Lipinski definition) is 13. The molecule has 316 valence electrons. The van der Waals surface area contributed by atoms with Crippen molar-refractivity contribution in [2.75, 3.05) is 4.90 Å². The maximum atomic E-state index is 9.66. The number of nitriles is 4. The first kappa shape index (κ1) is 39.5. The average Bonchev–Trinajstić information content (AvgIpc) is 4.06. The van der Waals surface area contributed by atoms with Crippen LogP contribution in [-0.4, -0.2) is 29.9 Å². The molecule has 0 spiro atoms. The first-order valence-electron chi connectivity index (χ1n) is 21.4. The maximum absolute atomic E-state index is 9.66. The highest BCUT2D eigenvalue weighted by atomic mass is 16.4. The first-order chi connectivity index (χ1) is 33.2. The predicted octanol–water partition coefficient (Wildman–Crippen LogP) is 12.1. The Kier molecular flexibility index (Phi) is 8.72. The summed E-state index contributed by atoms with van der Waals surface area (Å²) in [7, 11) is 0. The van der Waals surface area contributed by atoms with Gasteiger partial charge in [0.05, 0.1) is 22.1 Å². The quantitative estimate of drug-likeness (QED) is 0.153. The predicted molar refractivity (Wildman–Crippen MR) is 255 cm³/mol. The van der Waals surface area contributed by atoms with E-state index in [1.807, 2.05) is 60.7 Å². The summed E-state index contributed by atoms with van der Waals surface area (Å²) >= 11 is 0. The molecular formula is C55H29N11O2. The van der Waals surface area contributed by atoms with Gasteiger partial charge in [-0.1, -0.05) is 86.6 Å². The third-order valence-electron chi connectivity index (χ3n) is 12.5. The van der Waals surface area contributed by atoms with E-state index >= 15 is 0 Å². The van der Waals surface area contributed by atoms with Gasteiger partial charge in [-0.2, -0.15) is 21.0 Å². The zero-order valence-electron chi connectivity index (χ0n) is 36.0. The summed E-state index contributed by atoms with van der Waals surface area (Å²) in [6, 6.07) is 54.2. The lowest BCUT2D eigenvalue weighted by atomic mass is 9.82. The molecule has 4 heterocycles. The molecule has 12 rings (SSSR count). The summed E-state index contributed by atoms with van der Waals surface area (Å²) in [5.74, 6) is 0.542. The van der Waals surface area contributed by atoms with E-state index in [-0.39, 0.29) is 40.0 Å². The van der Waals surface area contributed by atoms with Crippen LogP contribution < -0.4 is 4.90 Å². The second-order valence-electron chi connectivity index (χ2n) is 16.9. The van der Waals surface area contributed by atoms with Gasteiger partial charge in [-0.05, 0) is 88.0 Å². The lowest BCUT2D eigenvalue weighted by molar-refractivity contribution is 0.617. The number of benzene rings is 7. The molecule has 0 saturated heterocycles. The highest BCUT2D eigenvalue weighted by molar-refractivity contribution is 5.94. The Morgan fingerprint density at radius 1 is 0.397 bits per heavy atom. The van der Waals surface area contributed by atoms with Gasteiger partial charge in [0.1, 0.15) is 35.3 Å². The Labute approximate surface area is 386 Å². The van der Waals surface area contributed by atoms with Crippen LogP contribution in [0.1, 0.15) is 47.8 Å². The van der Waals surface area contributed by atoms with Crippen LogP contribution in [0.2, 0.25) is 0 Å². The Hall–Kier alpha value is -10.1. The summed E-state index contributed by atoms with van der Waals surface area (Å²) in [6.45, 7) is 4.51. The summed E-state index contributed by atoms with van der Waals surface area (Å²) < 4.78 is 13.0. The van der Waals surface area contributed by atoms with E-state index in [1.54, 1.807) is 24.3 Å². The molecule has 0 N–H and O–H groups in total. The van der Waals surface area contributed by atoms with Crippen molar-refractivity contribution in [3.8, 4) is 69.4 Å². The Bertz CT molecular complexity index is 3820. The summed E-state index contributed by atoms with van der Waals surface area (Å²) in [4.78, 5) is 29.6. The Morgan fingerprint density at radius 2 is 0.868 bits per heavy atom. The zero-order chi connectivity index (χ0) is 46.3. The van der Waals surface area contributed by atoms with Crippen LogP contribution in [0.5, 0.6) is 0 Å². The van der Waals surface area contributed by atoms with Gasteiger partial charge in [-0.15, -0.1) is 0 Å². The van der Waals surface area contributed by atoms with Gasteiger partial charge >= 0.3 is 0 Å². The standard InChI is InChI=1S/C55H29N11O2/c1-55(2)39-11-7-6-10-37(39)38-17-16-35(21-40(38)55)66(34-14-12-31(13-15-34)30-8-4-3-5-9-30)36-19-32(53-64-45-22-41-43(24-51(45)67-53)62-49(28-58)47(26-56)60-41)18-33(20-36)54-65-46-23-42-44(25-52(46)68-54)63-50(29-59)48(27-57)61-42/h3-25H,1-2H3. The first-order valence-corrected chi connectivity index (χ1v) is 21.4. The molecule has 68 heavy (non-hydrogen) atoms. The van der Waals surface area contributed by atoms with Gasteiger partial charge in [0.2, 0.25) is 11.8 Å². The van der Waals surface area contributed by atoms with Crippen LogP contribution >= 0.6 is 0 Å². The number of hydrogen-bond donors (Lipinski definition) is 0. The van der Waals surface area contributed by atoms with Gasteiger partial charge in [-0.25, -0.2) is 29.9 Å². The van der Waals surface area contributed by atoms with Crippen molar-refractivity contribution < 1.29 is 8.83 Å². The van der Waals surface area contributed by atoms with Gasteiger partial charge in [0.25, 0.3) is 0 Å². The second kappa shape index (κ2) is 15.0. The van der Waals surface area contributed by atoms with Crippen molar-refractivity contribution in [3.63, 3.8) is 0 Å². The van der Waals surface area contributed by atoms with Crippen molar-refractivity contribution >= 4 is 61.3 Å². The molecule has 1 aliphatic rings. The van der Waals surface area contributed by atoms with Crippen LogP contribution in [0.4, 0.5) is 17.1 Å². The minimum Gasteiger partial charge on any atom is -0.436 e. The SMILES string of the molecule is CC1(C)c2ccccc2-c2ccc(N(c3ccc(-c4ccccc4)cc3)c3cc(-c4nc5cc6nc(C#N)c(C#N)nc6cc5o4)cc(-c4nc5cc6nc(C#N)c(C#N)nc6cc5o4)c3)cc21. The molecule has 0 aliphatic heterocycles. The molecule has 0 atom stereocenters. The van der Waals surface area contributed by atoms with Crippen molar-refractivity contribution in [1.29, 1.82) is 21.0 Å². The van der Waals surface area contributed by atoms with E-state index in [2.05, 4.69) is 118 Å². The van der Waals surface area contributed by atoms with Crippen LogP contribution in [0, 0.1) is 45.3 Å². The molecule has 13 heteroatoms. The smallest absolute Gasteiger partial charge is 0.227 e. The fraction of sp³-hybridized carbons (Fsp3) is 0.0545. The zero-order valence-corrected chi connectivity index (χ0v) is 36.0. The maximum Gasteiger partial charge on any atom is 0.227 e. The van der Waals surface area contributed by atoms with Crippen LogP contribution in [0.3, 0.4) is 0 Å². The molecule has 0 fully saturated rings. The number of nitrogens with zero attached hydrogens (tertiary/aromatic N) is 11. The van der Waals surface area contributed by atoms with E-state index in [9.17, 15) is 21.0 Å². The van der Waals surface area contributed by atoms with E-state index in [0.717, 1.165) is 28.2 Å². The fourth-order valence-corrected chi connectivity index (χ4v) is 9.21. The Morgan fingerprint density at radius 3 is 1.41 bits per heavy atom. The summed E-state index contributed by atoms with van der Waals surface area (Å²) in [5, 5.41) is 38.6. The lowest BCUT2D eigenvalue weighted by Gasteiger charge is -2.29. The van der Waals surface area contributed by atoms with Gasteiger partial charge in [-0.3, -0.25) is 0 Å². The molecule has 4 aromatic heterocycles. The molecule has 1 aliphatic carbocycles. The molecule has 0 radical (unpaired) electrons. The van der Waals surface area contributed by atoms with Crippen molar-refractivity contribution in [1.82, 2.24) is 29.9 Å². The molecule has 0 amide bonds. The molecule has 0 saturated carbocycles. The average molecular weight is 876 g/mol. The van der Waals surface area contributed by atoms with Gasteiger partial charge < -0.3 is 13.7 Å². The molecular weight excluding hydrogens is 847 g/mol. The fourth-order valence-electron chi connectivity index (χ4n) is 9.21. The highest BCUT2D eigenvalue weighted by Gasteiger charge is 2.36. The molecule has 7 aromatic carbocycles. The topological polar surface area (TPSA) is 202 Å². The monoisotopic (exact) mass is 875 g/mol. The minimum atomic E-state index is -0.279. The molecule has 0 unspecified atom stereocenters. The van der Waals surface area contributed by atoms with E-state index in [0.29, 0.717) is 55.4 Å². The van der Waals surface area contributed by atoms with Crippen molar-refractivity contribution in [2.24, 2.45) is 0 Å². The number of anilines is 3. The summed E-state index contributed by atoms with van der Waals surface area (Å²) in [5.41, 5.74) is 13.4. The van der Waals surface area contributed by atoms with E-state index in [4.69, 9.17) is 18.8 Å². The lowest BCUT2D eigenvalue weighted by Crippen LogP contribution is -2.16. The molecule has 11 aromatic rings. The third-order valence-corrected chi connectivity index (χ3v) is 12.5. The molecule has 0 bridgehead atoms. The number of fused-ring (bicyclic) bond motifs is 7. The normalized spacial score (nSPS) is 12.3. The van der Waals surface area contributed by atoms with Crippen LogP contribution in [0.15, 0.2) is 148 Å². The van der Waals surface area contributed by atoms with Crippen molar-refractivity contribution in [2.45, 2.75) is 19.3 Å². The number of aromatic nitrogens is 6. The van der Waals surface area contributed by atoms with Crippen LogP contribution in [-0.2, 0) is 5.41 Å². The minimum absolute atomic E-state index is 0.0788. The molecule has 13 nitrogen and oxygen atoms in total. The second-order valence-corrected chi connectivity index (χ2v) is 16.9. The Balaban J connectivity index is 1.08. The van der Waals surface area contributed by atoms with Crippen LogP contribution in [0.25, 0.3) is 89.4 Å². The van der Waals surface area contributed by atoms with Gasteiger partial charge in [0, 0.05) is 45.7 Å². The van der Waals surface area contributed by atoms with E-state index in [1.165, 1.54) is 22.3 Å². The third kappa shape index (κ3) is 6.28.